The van der Waals surface area contributed by atoms with Crippen LogP contribution in [0.15, 0.2) is 47.5 Å². The molecule has 92 valence electrons. The van der Waals surface area contributed by atoms with Gasteiger partial charge in [0.2, 0.25) is 0 Å². The lowest BCUT2D eigenvalue weighted by Crippen LogP contribution is -1.97. The van der Waals surface area contributed by atoms with Gasteiger partial charge in [-0.1, -0.05) is 41.9 Å². The second-order valence-electron chi connectivity index (χ2n) is 3.60. The number of hydrogen-bond donors (Lipinski definition) is 1. The molecule has 0 saturated carbocycles. The average molecular weight is 280 g/mol. The SMILES string of the molecule is O=C(O)c1cc(Cl)nc(SCc2ccccc2)c1. The molecule has 2 aromatic rings. The predicted molar refractivity (Wildman–Crippen MR) is 72.2 cm³/mol. The highest BCUT2D eigenvalue weighted by Crippen LogP contribution is 2.23. The van der Waals surface area contributed by atoms with Crippen LogP contribution in [0.25, 0.3) is 0 Å². The van der Waals surface area contributed by atoms with Crippen molar-refractivity contribution in [3.8, 4) is 0 Å². The third-order valence-electron chi connectivity index (χ3n) is 2.25. The number of carbonyl (C=O) groups is 1. The molecule has 0 aliphatic carbocycles. The molecule has 1 aromatic heterocycles. The van der Waals surface area contributed by atoms with Crippen molar-refractivity contribution >= 4 is 29.3 Å². The molecule has 0 aliphatic heterocycles. The van der Waals surface area contributed by atoms with Crippen molar-refractivity contribution in [2.75, 3.05) is 0 Å². The van der Waals surface area contributed by atoms with Gasteiger partial charge in [0.1, 0.15) is 5.15 Å². The minimum atomic E-state index is -0.999. The van der Waals surface area contributed by atoms with Crippen molar-refractivity contribution in [2.45, 2.75) is 10.8 Å². The summed E-state index contributed by atoms with van der Waals surface area (Å²) in [6.45, 7) is 0. The van der Waals surface area contributed by atoms with Gasteiger partial charge in [0.15, 0.2) is 0 Å². The van der Waals surface area contributed by atoms with Gasteiger partial charge in [0.05, 0.1) is 10.6 Å². The first-order valence-corrected chi connectivity index (χ1v) is 6.59. The van der Waals surface area contributed by atoms with Crippen molar-refractivity contribution in [1.82, 2.24) is 4.98 Å². The molecule has 0 saturated heterocycles. The van der Waals surface area contributed by atoms with E-state index in [1.165, 1.54) is 23.9 Å². The van der Waals surface area contributed by atoms with Crippen LogP contribution < -0.4 is 0 Å². The Hall–Kier alpha value is -1.52. The number of halogens is 1. The van der Waals surface area contributed by atoms with Crippen LogP contribution in [0.4, 0.5) is 0 Å². The average Bonchev–Trinajstić information content (AvgIpc) is 2.37. The van der Waals surface area contributed by atoms with Crippen LogP contribution in [0.3, 0.4) is 0 Å². The van der Waals surface area contributed by atoms with E-state index in [0.717, 1.165) is 11.3 Å². The van der Waals surface area contributed by atoms with E-state index in [2.05, 4.69) is 4.98 Å². The highest BCUT2D eigenvalue weighted by atomic mass is 35.5. The minimum absolute atomic E-state index is 0.158. The molecule has 0 aliphatic rings. The molecule has 1 N–H and O–H groups in total. The molecule has 0 amide bonds. The van der Waals surface area contributed by atoms with E-state index in [1.807, 2.05) is 30.3 Å². The Morgan fingerprint density at radius 2 is 2.00 bits per heavy atom. The Balaban J connectivity index is 2.12. The Bertz CT molecular complexity index is 560. The maximum absolute atomic E-state index is 10.9. The second-order valence-corrected chi connectivity index (χ2v) is 4.98. The van der Waals surface area contributed by atoms with Gasteiger partial charge >= 0.3 is 5.97 Å². The molecular weight excluding hydrogens is 270 g/mol. The summed E-state index contributed by atoms with van der Waals surface area (Å²) in [6, 6.07) is 12.8. The van der Waals surface area contributed by atoms with Gasteiger partial charge in [-0.3, -0.25) is 0 Å². The molecule has 0 bridgehead atoms. The first-order chi connectivity index (χ1) is 8.65. The van der Waals surface area contributed by atoms with Gasteiger partial charge in [-0.05, 0) is 17.7 Å². The van der Waals surface area contributed by atoms with Crippen molar-refractivity contribution in [2.24, 2.45) is 0 Å². The molecule has 1 aromatic carbocycles. The fourth-order valence-electron chi connectivity index (χ4n) is 1.40. The first kappa shape index (κ1) is 12.9. The molecule has 1 heterocycles. The largest absolute Gasteiger partial charge is 0.478 e. The van der Waals surface area contributed by atoms with E-state index in [1.54, 1.807) is 0 Å². The third-order valence-corrected chi connectivity index (χ3v) is 3.42. The fraction of sp³-hybridized carbons (Fsp3) is 0.0769. The number of thioether (sulfide) groups is 1. The Labute approximate surface area is 114 Å². The van der Waals surface area contributed by atoms with E-state index in [0.29, 0.717) is 5.03 Å². The molecule has 0 fully saturated rings. The monoisotopic (exact) mass is 279 g/mol. The summed E-state index contributed by atoms with van der Waals surface area (Å²) >= 11 is 7.25. The number of pyridine rings is 1. The van der Waals surface area contributed by atoms with Crippen LogP contribution in [-0.2, 0) is 5.75 Å². The van der Waals surface area contributed by atoms with Gasteiger partial charge < -0.3 is 5.11 Å². The van der Waals surface area contributed by atoms with E-state index < -0.39 is 5.97 Å². The molecule has 5 heteroatoms. The zero-order chi connectivity index (χ0) is 13.0. The Morgan fingerprint density at radius 1 is 1.28 bits per heavy atom. The van der Waals surface area contributed by atoms with E-state index in [-0.39, 0.29) is 10.7 Å². The summed E-state index contributed by atoms with van der Waals surface area (Å²) in [7, 11) is 0. The van der Waals surface area contributed by atoms with Crippen molar-refractivity contribution in [3.05, 3.63) is 58.7 Å². The number of carboxylic acids is 1. The topological polar surface area (TPSA) is 50.2 Å². The minimum Gasteiger partial charge on any atom is -0.478 e. The standard InChI is InChI=1S/C13H10ClNO2S/c14-11-6-10(13(16)17)7-12(15-11)18-8-9-4-2-1-3-5-9/h1-7H,8H2,(H,16,17). The van der Waals surface area contributed by atoms with Crippen LogP contribution >= 0.6 is 23.4 Å². The quantitative estimate of drug-likeness (QED) is 0.684. The van der Waals surface area contributed by atoms with Crippen molar-refractivity contribution in [3.63, 3.8) is 0 Å². The number of rotatable bonds is 4. The lowest BCUT2D eigenvalue weighted by Gasteiger charge is -2.03. The summed E-state index contributed by atoms with van der Waals surface area (Å²) in [4.78, 5) is 15.0. The van der Waals surface area contributed by atoms with Gasteiger partial charge in [-0.25, -0.2) is 9.78 Å². The maximum atomic E-state index is 10.9. The van der Waals surface area contributed by atoms with E-state index in [4.69, 9.17) is 16.7 Å². The van der Waals surface area contributed by atoms with E-state index >= 15 is 0 Å². The lowest BCUT2D eigenvalue weighted by atomic mass is 10.2. The van der Waals surface area contributed by atoms with Crippen LogP contribution in [0.5, 0.6) is 0 Å². The summed E-state index contributed by atoms with van der Waals surface area (Å²) in [5, 5.41) is 9.74. The van der Waals surface area contributed by atoms with Crippen LogP contribution in [0.2, 0.25) is 5.15 Å². The van der Waals surface area contributed by atoms with Crippen LogP contribution in [0, 0.1) is 0 Å². The number of hydrogen-bond acceptors (Lipinski definition) is 3. The molecule has 18 heavy (non-hydrogen) atoms. The zero-order valence-corrected chi connectivity index (χ0v) is 10.9. The van der Waals surface area contributed by atoms with Gasteiger partial charge in [-0.2, -0.15) is 0 Å². The van der Waals surface area contributed by atoms with Crippen molar-refractivity contribution in [1.29, 1.82) is 0 Å². The van der Waals surface area contributed by atoms with Gasteiger partial charge in [0.25, 0.3) is 0 Å². The Kier molecular flexibility index (Phi) is 4.23. The van der Waals surface area contributed by atoms with Gasteiger partial charge in [0, 0.05) is 5.75 Å². The number of carboxylic acid groups (broad SMARTS) is 1. The summed E-state index contributed by atoms with van der Waals surface area (Å²) in [6.07, 6.45) is 0. The van der Waals surface area contributed by atoms with E-state index in [9.17, 15) is 4.79 Å². The highest BCUT2D eigenvalue weighted by molar-refractivity contribution is 7.98. The van der Waals surface area contributed by atoms with Crippen LogP contribution in [-0.4, -0.2) is 16.1 Å². The molecule has 0 atom stereocenters. The summed E-state index contributed by atoms with van der Waals surface area (Å²) < 4.78 is 0. The molecule has 0 radical (unpaired) electrons. The summed E-state index contributed by atoms with van der Waals surface area (Å²) in [5.74, 6) is -0.270. The normalized spacial score (nSPS) is 10.3. The molecular formula is C13H10ClNO2S. The smallest absolute Gasteiger partial charge is 0.335 e. The zero-order valence-electron chi connectivity index (χ0n) is 9.34. The van der Waals surface area contributed by atoms with Gasteiger partial charge in [-0.15, -0.1) is 11.8 Å². The number of nitrogens with zero attached hydrogens (tertiary/aromatic N) is 1. The maximum Gasteiger partial charge on any atom is 0.335 e. The second kappa shape index (κ2) is 5.89. The van der Waals surface area contributed by atoms with Crippen LogP contribution in [0.1, 0.15) is 15.9 Å². The Morgan fingerprint density at radius 3 is 2.67 bits per heavy atom. The highest BCUT2D eigenvalue weighted by Gasteiger charge is 2.08. The fourth-order valence-corrected chi connectivity index (χ4v) is 2.54. The number of aromatic nitrogens is 1. The summed E-state index contributed by atoms with van der Waals surface area (Å²) in [5.41, 5.74) is 1.31. The number of aromatic carboxylic acids is 1. The third kappa shape index (κ3) is 3.48. The number of benzene rings is 1. The molecule has 0 unspecified atom stereocenters. The predicted octanol–water partition coefficient (Wildman–Crippen LogP) is 3.73. The lowest BCUT2D eigenvalue weighted by molar-refractivity contribution is 0.0696. The molecule has 2 rings (SSSR count). The van der Waals surface area contributed by atoms with Crippen molar-refractivity contribution < 1.29 is 9.90 Å². The first-order valence-electron chi connectivity index (χ1n) is 5.23. The molecule has 3 nitrogen and oxygen atoms in total. The molecule has 0 spiro atoms.